The Kier molecular flexibility index (Phi) is 5.64. The van der Waals surface area contributed by atoms with Crippen LogP contribution in [0.5, 0.6) is 11.5 Å². The van der Waals surface area contributed by atoms with E-state index in [0.717, 1.165) is 35.5 Å². The van der Waals surface area contributed by atoms with E-state index in [1.165, 1.54) is 5.56 Å². The molecular weight excluding hydrogens is 262 g/mol. The van der Waals surface area contributed by atoms with Crippen molar-refractivity contribution in [2.24, 2.45) is 5.73 Å². The number of hydrogen-bond acceptors (Lipinski definition) is 3. The van der Waals surface area contributed by atoms with Gasteiger partial charge in [0.2, 0.25) is 0 Å². The summed E-state index contributed by atoms with van der Waals surface area (Å²) in [7, 11) is 1.66. The lowest BCUT2D eigenvalue weighted by Gasteiger charge is -2.12. The molecule has 3 heteroatoms. The zero-order chi connectivity index (χ0) is 15.1. The lowest BCUT2D eigenvalue weighted by Crippen LogP contribution is -2.03. The highest BCUT2D eigenvalue weighted by atomic mass is 16.5. The molecule has 112 valence electrons. The van der Waals surface area contributed by atoms with Gasteiger partial charge in [-0.05, 0) is 48.2 Å². The van der Waals surface area contributed by atoms with Crippen LogP contribution >= 0.6 is 0 Å². The predicted octanol–water partition coefficient (Wildman–Crippen LogP) is 3.34. The summed E-state index contributed by atoms with van der Waals surface area (Å²) in [5.74, 6) is 1.52. The predicted molar refractivity (Wildman–Crippen MR) is 85.9 cm³/mol. The summed E-state index contributed by atoms with van der Waals surface area (Å²) < 4.78 is 11.3. The first-order chi connectivity index (χ1) is 10.3. The minimum atomic E-state index is 0.538. The van der Waals surface area contributed by atoms with Crippen molar-refractivity contribution in [3.63, 3.8) is 0 Å². The number of benzene rings is 2. The second-order valence-electron chi connectivity index (χ2n) is 4.98. The fourth-order valence-corrected chi connectivity index (χ4v) is 2.19. The van der Waals surface area contributed by atoms with Crippen LogP contribution in [0.1, 0.15) is 23.6 Å². The summed E-state index contributed by atoms with van der Waals surface area (Å²) in [5.41, 5.74) is 9.23. The number of ether oxygens (including phenoxy) is 2. The lowest BCUT2D eigenvalue weighted by atomic mass is 10.1. The third-order valence-electron chi connectivity index (χ3n) is 3.49. The number of methoxy groups -OCH3 is 1. The molecule has 0 aliphatic rings. The molecule has 2 aromatic carbocycles. The summed E-state index contributed by atoms with van der Waals surface area (Å²) in [6.07, 6.45) is 1.90. The van der Waals surface area contributed by atoms with E-state index < -0.39 is 0 Å². The second kappa shape index (κ2) is 7.70. The van der Waals surface area contributed by atoms with Crippen LogP contribution in [0.25, 0.3) is 0 Å². The van der Waals surface area contributed by atoms with Crippen LogP contribution in [0.15, 0.2) is 42.5 Å². The average molecular weight is 285 g/mol. The molecule has 0 aliphatic heterocycles. The Morgan fingerprint density at radius 1 is 0.905 bits per heavy atom. The minimum Gasteiger partial charge on any atom is -0.493 e. The van der Waals surface area contributed by atoms with Crippen molar-refractivity contribution in [1.82, 2.24) is 0 Å². The van der Waals surface area contributed by atoms with Crippen molar-refractivity contribution in [2.75, 3.05) is 13.7 Å². The molecule has 3 nitrogen and oxygen atoms in total. The highest BCUT2D eigenvalue weighted by molar-refractivity contribution is 5.43. The van der Waals surface area contributed by atoms with Gasteiger partial charge >= 0.3 is 0 Å². The summed E-state index contributed by atoms with van der Waals surface area (Å²) in [6.45, 7) is 3.32. The van der Waals surface area contributed by atoms with E-state index in [1.54, 1.807) is 7.11 Å². The van der Waals surface area contributed by atoms with Crippen LogP contribution in [0.4, 0.5) is 0 Å². The fraction of sp³-hybridized carbons (Fsp3) is 0.333. The number of aryl methyl sites for hydroxylation is 1. The molecule has 21 heavy (non-hydrogen) atoms. The molecular formula is C18H23NO2. The van der Waals surface area contributed by atoms with Gasteiger partial charge in [0.25, 0.3) is 0 Å². The quantitative estimate of drug-likeness (QED) is 0.848. The first kappa shape index (κ1) is 15.4. The number of rotatable bonds is 7. The molecule has 0 unspecified atom stereocenters. The number of nitrogens with two attached hydrogens (primary N) is 1. The van der Waals surface area contributed by atoms with Crippen molar-refractivity contribution in [3.05, 3.63) is 59.2 Å². The Morgan fingerprint density at radius 2 is 1.57 bits per heavy atom. The molecule has 0 aromatic heterocycles. The normalized spacial score (nSPS) is 10.4. The first-order valence-corrected chi connectivity index (χ1v) is 7.34. The molecule has 0 aliphatic carbocycles. The minimum absolute atomic E-state index is 0.538. The average Bonchev–Trinajstić information content (AvgIpc) is 2.54. The van der Waals surface area contributed by atoms with Crippen molar-refractivity contribution in [2.45, 2.75) is 26.4 Å². The molecule has 0 amide bonds. The summed E-state index contributed by atoms with van der Waals surface area (Å²) in [6, 6.07) is 14.5. The van der Waals surface area contributed by atoms with Crippen LogP contribution in [-0.4, -0.2) is 13.7 Å². The maximum absolute atomic E-state index is 5.86. The summed E-state index contributed by atoms with van der Waals surface area (Å²) in [5, 5.41) is 0. The van der Waals surface area contributed by atoms with Gasteiger partial charge in [-0.15, -0.1) is 0 Å². The van der Waals surface area contributed by atoms with E-state index in [1.807, 2.05) is 18.2 Å². The maximum Gasteiger partial charge on any atom is 0.161 e. The molecule has 0 fully saturated rings. The van der Waals surface area contributed by atoms with Gasteiger partial charge in [0.05, 0.1) is 7.11 Å². The maximum atomic E-state index is 5.86. The van der Waals surface area contributed by atoms with E-state index in [4.69, 9.17) is 15.2 Å². The molecule has 0 saturated carbocycles. The van der Waals surface area contributed by atoms with E-state index >= 15 is 0 Å². The molecule has 0 spiro atoms. The molecule has 0 bridgehead atoms. The Morgan fingerprint density at radius 3 is 2.19 bits per heavy atom. The van der Waals surface area contributed by atoms with Crippen LogP contribution in [-0.2, 0) is 19.4 Å². The molecule has 2 N–H and O–H groups in total. The van der Waals surface area contributed by atoms with Gasteiger partial charge in [0.1, 0.15) is 6.61 Å². The van der Waals surface area contributed by atoms with E-state index in [9.17, 15) is 0 Å². The van der Waals surface area contributed by atoms with Crippen LogP contribution in [0.2, 0.25) is 0 Å². The summed E-state index contributed by atoms with van der Waals surface area (Å²) >= 11 is 0. The summed E-state index contributed by atoms with van der Waals surface area (Å²) in [4.78, 5) is 0. The van der Waals surface area contributed by atoms with Crippen LogP contribution in [0, 0.1) is 0 Å². The highest BCUT2D eigenvalue weighted by Crippen LogP contribution is 2.29. The first-order valence-electron chi connectivity index (χ1n) is 7.34. The van der Waals surface area contributed by atoms with Gasteiger partial charge in [-0.3, -0.25) is 0 Å². The zero-order valence-corrected chi connectivity index (χ0v) is 12.8. The standard InChI is InChI=1S/C18H23NO2/c1-3-14-4-6-16(7-5-14)13-21-17-9-8-15(10-11-19)12-18(17)20-2/h4-9,12H,3,10-11,13,19H2,1-2H3. The van der Waals surface area contributed by atoms with E-state index in [0.29, 0.717) is 13.2 Å². The third-order valence-corrected chi connectivity index (χ3v) is 3.49. The Hall–Kier alpha value is -2.00. The van der Waals surface area contributed by atoms with Gasteiger partial charge in [-0.2, -0.15) is 0 Å². The van der Waals surface area contributed by atoms with Gasteiger partial charge in [-0.25, -0.2) is 0 Å². The van der Waals surface area contributed by atoms with E-state index in [-0.39, 0.29) is 0 Å². The fourth-order valence-electron chi connectivity index (χ4n) is 2.19. The lowest BCUT2D eigenvalue weighted by molar-refractivity contribution is 0.284. The molecule has 2 rings (SSSR count). The monoisotopic (exact) mass is 285 g/mol. The second-order valence-corrected chi connectivity index (χ2v) is 4.98. The molecule has 0 atom stereocenters. The van der Waals surface area contributed by atoms with Crippen molar-refractivity contribution in [3.8, 4) is 11.5 Å². The van der Waals surface area contributed by atoms with Gasteiger partial charge in [0, 0.05) is 0 Å². The number of hydrogen-bond donors (Lipinski definition) is 1. The van der Waals surface area contributed by atoms with E-state index in [2.05, 4.69) is 31.2 Å². The van der Waals surface area contributed by atoms with Crippen molar-refractivity contribution >= 4 is 0 Å². The van der Waals surface area contributed by atoms with Gasteiger partial charge < -0.3 is 15.2 Å². The van der Waals surface area contributed by atoms with Crippen molar-refractivity contribution < 1.29 is 9.47 Å². The Bertz CT molecular complexity index is 564. The Labute approximate surface area is 126 Å². The zero-order valence-electron chi connectivity index (χ0n) is 12.8. The van der Waals surface area contributed by atoms with Gasteiger partial charge in [-0.1, -0.05) is 37.3 Å². The smallest absolute Gasteiger partial charge is 0.161 e. The highest BCUT2D eigenvalue weighted by Gasteiger charge is 2.06. The van der Waals surface area contributed by atoms with Crippen molar-refractivity contribution in [1.29, 1.82) is 0 Å². The molecule has 0 radical (unpaired) electrons. The largest absolute Gasteiger partial charge is 0.493 e. The SMILES string of the molecule is CCc1ccc(COc2ccc(CCN)cc2OC)cc1. The Balaban J connectivity index is 2.04. The van der Waals surface area contributed by atoms with Crippen LogP contribution in [0.3, 0.4) is 0 Å². The topological polar surface area (TPSA) is 44.5 Å². The molecule has 0 saturated heterocycles. The van der Waals surface area contributed by atoms with Gasteiger partial charge in [0.15, 0.2) is 11.5 Å². The molecule has 2 aromatic rings. The third kappa shape index (κ3) is 4.23. The molecule has 0 heterocycles. The van der Waals surface area contributed by atoms with Crippen LogP contribution < -0.4 is 15.2 Å².